The second-order valence-corrected chi connectivity index (χ2v) is 7.92. The number of fused-ring (bicyclic) bond motifs is 2. The molecule has 2 amide bonds. The Bertz CT molecular complexity index is 1390. The first-order valence-corrected chi connectivity index (χ1v) is 10.1. The van der Waals surface area contributed by atoms with E-state index in [9.17, 15) is 14.7 Å². The molecule has 1 aromatic heterocycles. The van der Waals surface area contributed by atoms with Gasteiger partial charge >= 0.3 is 6.09 Å². The maximum absolute atomic E-state index is 13.3. The van der Waals surface area contributed by atoms with Gasteiger partial charge in [0.25, 0.3) is 5.91 Å². The molecule has 1 unspecified atom stereocenters. The van der Waals surface area contributed by atoms with Gasteiger partial charge in [-0.25, -0.2) is 9.78 Å². The third-order valence-electron chi connectivity index (χ3n) is 5.51. The lowest BCUT2D eigenvalue weighted by Gasteiger charge is -2.35. The number of imidazole rings is 1. The first-order chi connectivity index (χ1) is 15.4. The quantitative estimate of drug-likeness (QED) is 0.374. The number of nitrogens with one attached hydrogen (secondary N) is 2. The van der Waals surface area contributed by atoms with Crippen LogP contribution < -0.4 is 5.32 Å². The van der Waals surface area contributed by atoms with Crippen LogP contribution in [0.1, 0.15) is 27.0 Å². The van der Waals surface area contributed by atoms with Crippen LogP contribution in [0.3, 0.4) is 0 Å². The van der Waals surface area contributed by atoms with Gasteiger partial charge in [-0.05, 0) is 35.9 Å². The van der Waals surface area contributed by atoms with Crippen molar-refractivity contribution in [2.45, 2.75) is 12.3 Å². The molecule has 5 rings (SSSR count). The Hall–Kier alpha value is -3.88. The molecule has 0 saturated carbocycles. The standard InChI is InChI=1S/C23H17ClN4O4/c24-15-5-3-4-13(10-15)12-28-20(29)16-6-1-2-7-17(16)23(28,32)14-8-9-18-19(11-14)26-21(25-18)27-22(30)31/h1-11,32H,12H2,(H,30,31)(H2,25,26,27). The van der Waals surface area contributed by atoms with Crippen molar-refractivity contribution in [2.24, 2.45) is 0 Å². The third-order valence-corrected chi connectivity index (χ3v) is 5.74. The maximum Gasteiger partial charge on any atom is 0.411 e. The molecule has 32 heavy (non-hydrogen) atoms. The van der Waals surface area contributed by atoms with Gasteiger partial charge in [0.2, 0.25) is 5.95 Å². The third kappa shape index (κ3) is 3.17. The first-order valence-electron chi connectivity index (χ1n) is 9.75. The van der Waals surface area contributed by atoms with Crippen molar-refractivity contribution in [3.05, 3.63) is 94.0 Å². The summed E-state index contributed by atoms with van der Waals surface area (Å²) in [6, 6.07) is 19.0. The van der Waals surface area contributed by atoms with Gasteiger partial charge in [0.05, 0.1) is 11.0 Å². The molecule has 0 fully saturated rings. The Morgan fingerprint density at radius 2 is 1.94 bits per heavy atom. The van der Waals surface area contributed by atoms with Crippen molar-refractivity contribution in [3.8, 4) is 0 Å². The number of hydrogen-bond donors (Lipinski definition) is 4. The number of hydrogen-bond acceptors (Lipinski definition) is 4. The number of aromatic amines is 1. The molecule has 160 valence electrons. The maximum atomic E-state index is 13.3. The SMILES string of the molecule is O=C(O)Nc1nc2ccc(C3(O)c4ccccc4C(=O)N3Cc3cccc(Cl)c3)cc2[nH]1. The Morgan fingerprint density at radius 1 is 1.12 bits per heavy atom. The summed E-state index contributed by atoms with van der Waals surface area (Å²) < 4.78 is 0. The highest BCUT2D eigenvalue weighted by Crippen LogP contribution is 2.43. The van der Waals surface area contributed by atoms with Crippen molar-refractivity contribution in [1.82, 2.24) is 14.9 Å². The molecule has 9 heteroatoms. The van der Waals surface area contributed by atoms with Crippen LogP contribution in [0, 0.1) is 0 Å². The van der Waals surface area contributed by atoms with Crippen LogP contribution in [-0.4, -0.2) is 37.1 Å². The lowest BCUT2D eigenvalue weighted by Crippen LogP contribution is -2.44. The number of aromatic nitrogens is 2. The molecule has 4 aromatic rings. The van der Waals surface area contributed by atoms with E-state index < -0.39 is 11.8 Å². The van der Waals surface area contributed by atoms with E-state index in [0.29, 0.717) is 32.7 Å². The highest BCUT2D eigenvalue weighted by Gasteiger charge is 2.49. The molecule has 0 aliphatic carbocycles. The molecule has 2 heterocycles. The van der Waals surface area contributed by atoms with Crippen LogP contribution >= 0.6 is 11.6 Å². The molecule has 0 spiro atoms. The summed E-state index contributed by atoms with van der Waals surface area (Å²) in [7, 11) is 0. The first kappa shape index (κ1) is 20.0. The summed E-state index contributed by atoms with van der Waals surface area (Å²) in [4.78, 5) is 32.7. The summed E-state index contributed by atoms with van der Waals surface area (Å²) in [6.07, 6.45) is -1.24. The van der Waals surface area contributed by atoms with Crippen molar-refractivity contribution >= 4 is 40.6 Å². The number of H-pyrrole nitrogens is 1. The average Bonchev–Trinajstić information content (AvgIpc) is 3.25. The monoisotopic (exact) mass is 448 g/mol. The zero-order chi connectivity index (χ0) is 22.5. The van der Waals surface area contributed by atoms with Gasteiger partial charge < -0.3 is 15.2 Å². The number of carboxylic acid groups (broad SMARTS) is 1. The van der Waals surface area contributed by atoms with Crippen molar-refractivity contribution in [1.29, 1.82) is 0 Å². The van der Waals surface area contributed by atoms with Gasteiger partial charge in [-0.1, -0.05) is 48.0 Å². The second kappa shape index (κ2) is 7.37. The van der Waals surface area contributed by atoms with Crippen LogP contribution in [-0.2, 0) is 12.3 Å². The minimum absolute atomic E-state index is 0.0651. The zero-order valence-corrected chi connectivity index (χ0v) is 17.3. The highest BCUT2D eigenvalue weighted by atomic mass is 35.5. The number of carbonyl (C=O) groups is 2. The van der Waals surface area contributed by atoms with Crippen LogP contribution in [0.25, 0.3) is 11.0 Å². The number of nitrogens with zero attached hydrogens (tertiary/aromatic N) is 2. The summed E-state index contributed by atoms with van der Waals surface area (Å²) in [5.41, 5.74) is 1.38. The van der Waals surface area contributed by atoms with Gasteiger partial charge in [0.1, 0.15) is 0 Å². The van der Waals surface area contributed by atoms with Crippen LogP contribution in [0.5, 0.6) is 0 Å². The average molecular weight is 449 g/mol. The zero-order valence-electron chi connectivity index (χ0n) is 16.5. The van der Waals surface area contributed by atoms with Gasteiger partial charge in [0, 0.05) is 28.3 Å². The minimum Gasteiger partial charge on any atom is -0.465 e. The molecular weight excluding hydrogens is 432 g/mol. The van der Waals surface area contributed by atoms with Crippen LogP contribution in [0.2, 0.25) is 5.02 Å². The fourth-order valence-electron chi connectivity index (χ4n) is 4.11. The van der Waals surface area contributed by atoms with Crippen molar-refractivity contribution < 1.29 is 19.8 Å². The van der Waals surface area contributed by atoms with E-state index in [0.717, 1.165) is 5.56 Å². The molecule has 3 aromatic carbocycles. The topological polar surface area (TPSA) is 119 Å². The number of halogens is 1. The summed E-state index contributed by atoms with van der Waals surface area (Å²) in [5, 5.41) is 23.7. The summed E-state index contributed by atoms with van der Waals surface area (Å²) in [5.74, 6) is -0.240. The summed E-state index contributed by atoms with van der Waals surface area (Å²) in [6.45, 7) is 0.136. The number of amides is 2. The number of carbonyl (C=O) groups excluding carboxylic acids is 1. The van der Waals surface area contributed by atoms with E-state index >= 15 is 0 Å². The predicted molar refractivity (Wildman–Crippen MR) is 119 cm³/mol. The lowest BCUT2D eigenvalue weighted by molar-refractivity contribution is -0.0542. The van der Waals surface area contributed by atoms with E-state index in [1.165, 1.54) is 4.90 Å². The molecule has 0 saturated heterocycles. The normalized spacial score (nSPS) is 17.6. The summed E-state index contributed by atoms with van der Waals surface area (Å²) >= 11 is 6.12. The number of aliphatic hydroxyl groups is 1. The predicted octanol–water partition coefficient (Wildman–Crippen LogP) is 4.16. The number of benzene rings is 3. The van der Waals surface area contributed by atoms with Crippen LogP contribution in [0.4, 0.5) is 10.7 Å². The highest BCUT2D eigenvalue weighted by molar-refractivity contribution is 6.30. The van der Waals surface area contributed by atoms with E-state index in [1.807, 2.05) is 6.07 Å². The Morgan fingerprint density at radius 3 is 2.72 bits per heavy atom. The molecule has 0 bridgehead atoms. The molecular formula is C23H17ClN4O4. The van der Waals surface area contributed by atoms with E-state index in [-0.39, 0.29) is 18.4 Å². The molecule has 1 aliphatic rings. The van der Waals surface area contributed by atoms with Gasteiger partial charge in [-0.2, -0.15) is 0 Å². The largest absolute Gasteiger partial charge is 0.465 e. The molecule has 1 aliphatic heterocycles. The molecule has 4 N–H and O–H groups in total. The fourth-order valence-corrected chi connectivity index (χ4v) is 4.33. The second-order valence-electron chi connectivity index (χ2n) is 7.49. The van der Waals surface area contributed by atoms with Gasteiger partial charge in [0.15, 0.2) is 5.72 Å². The van der Waals surface area contributed by atoms with E-state index in [2.05, 4.69) is 15.3 Å². The van der Waals surface area contributed by atoms with E-state index in [4.69, 9.17) is 16.7 Å². The fraction of sp³-hybridized carbons (Fsp3) is 0.0870. The molecule has 8 nitrogen and oxygen atoms in total. The van der Waals surface area contributed by atoms with Gasteiger partial charge in [-0.3, -0.25) is 15.0 Å². The van der Waals surface area contributed by atoms with E-state index in [1.54, 1.807) is 60.7 Å². The molecule has 0 radical (unpaired) electrons. The van der Waals surface area contributed by atoms with Crippen molar-refractivity contribution in [3.63, 3.8) is 0 Å². The number of rotatable bonds is 4. The van der Waals surface area contributed by atoms with Gasteiger partial charge in [-0.15, -0.1) is 0 Å². The van der Waals surface area contributed by atoms with Crippen LogP contribution in [0.15, 0.2) is 66.7 Å². The minimum atomic E-state index is -1.74. The number of anilines is 1. The molecule has 1 atom stereocenters. The lowest BCUT2D eigenvalue weighted by atomic mass is 9.93. The van der Waals surface area contributed by atoms with Crippen molar-refractivity contribution in [2.75, 3.05) is 5.32 Å². The Kier molecular flexibility index (Phi) is 4.61. The Labute approximate surface area is 187 Å². The smallest absolute Gasteiger partial charge is 0.411 e. The Balaban J connectivity index is 1.64.